The zero-order valence-corrected chi connectivity index (χ0v) is 73.2. The van der Waals surface area contributed by atoms with E-state index >= 15 is 0 Å². The summed E-state index contributed by atoms with van der Waals surface area (Å²) in [5.74, 6) is -4.47. The van der Waals surface area contributed by atoms with Crippen LogP contribution in [0.1, 0.15) is 108 Å². The fourth-order valence-electron chi connectivity index (χ4n) is 17.7. The number of benzene rings is 9. The number of carbonyl (C=O) groups is 5. The molecule has 5 amide bonds. The van der Waals surface area contributed by atoms with E-state index in [1.54, 1.807) is 160 Å². The molecule has 30 heteroatoms. The second-order valence-corrected chi connectivity index (χ2v) is 33.5. The topological polar surface area (TPSA) is 228 Å². The van der Waals surface area contributed by atoms with Crippen LogP contribution in [-0.4, -0.2) is 117 Å². The van der Waals surface area contributed by atoms with Gasteiger partial charge >= 0.3 is 0 Å². The molecule has 136 heavy (non-hydrogen) atoms. The lowest BCUT2D eigenvalue weighted by Crippen LogP contribution is -2.24. The smallest absolute Gasteiger partial charge is 0.273 e. The van der Waals surface area contributed by atoms with Crippen molar-refractivity contribution in [1.29, 1.82) is 0 Å². The zero-order chi connectivity index (χ0) is 93.7. The third kappa shape index (κ3) is 17.2. The second-order valence-electron chi connectivity index (χ2n) is 33.5. The maximum absolute atomic E-state index is 14.8. The Bertz CT molecular complexity index is 7760. The van der Waals surface area contributed by atoms with Crippen LogP contribution in [0.2, 0.25) is 0 Å². The van der Waals surface area contributed by atoms with E-state index in [-0.39, 0.29) is 104 Å². The first-order valence-electron chi connectivity index (χ1n) is 43.5. The molecule has 0 N–H and O–H groups in total. The lowest BCUT2D eigenvalue weighted by Gasteiger charge is -2.17. The molecule has 23 nitrogen and oxygen atoms in total. The normalized spacial score (nSPS) is 13.4. The number of rotatable bonds is 15. The van der Waals surface area contributed by atoms with Crippen LogP contribution in [0.25, 0.3) is 89.0 Å². The van der Waals surface area contributed by atoms with Crippen LogP contribution in [0.15, 0.2) is 305 Å². The van der Waals surface area contributed by atoms with Crippen molar-refractivity contribution in [2.75, 3.05) is 0 Å². The number of aryl methyl sites for hydroxylation is 3. The Hall–Kier alpha value is -17.2. The summed E-state index contributed by atoms with van der Waals surface area (Å²) in [5, 5.41) is 14.7. The van der Waals surface area contributed by atoms with Crippen molar-refractivity contribution in [2.45, 2.75) is 65.4 Å². The standard InChI is InChI=1S/2C23H18FN3O.2C21H14F2N4O.C18H15FN4O/c2*1-26-22-11-16(6-8-17(22)12-25-26)15-7-9-19(21(24)10-15)14-27-13-18-4-2-3-5-20(18)23(27)28;22-16-9-13(19-4-1-5-20-25-7-8-27(19)20)10-17(23)15(16)11-26-12-18-14(21(26)28)3-2-6-24-18;22-16-8-13(19-10-25-20-5-1-2-7-27(19)20)9-17(23)15(16)11-26-12-18-14(21(26)28)4-3-6-24-18;1-22-9-15(8-21-22)12-4-5-13(16(19)7-12)10-23-11-14-3-2-6-20-17(14)18(23)24/h2*2-12H,13-14H2,1H3;2*1-10H,11-12H2;2-9H,10-11H2,1H3. The Balaban J connectivity index is 0.000000105. The quantitative estimate of drug-likeness (QED) is 0.0871. The predicted octanol–water partition coefficient (Wildman–Crippen LogP) is 19.5. The highest BCUT2D eigenvalue weighted by Gasteiger charge is 2.35. The SMILES string of the molecule is Cn1cc(-c2ccc(CN3Cc4cccnc4C3=O)c(F)c2)cn1.Cn1ncc2ccc(-c3ccc(CN4Cc5ccccc5C4=O)c(F)c3)cc21.Cn1ncc2ccc(-c3ccc(CN4Cc5ccccc5C4=O)c(F)c3)cc21.O=C1c2cccnc2CN1Cc1c(F)cc(-c2cccc3nccn23)cc1F.O=C1c2cccnc2CN1Cc1c(F)cc(-c2cnc3ccccn23)cc1F. The first-order valence-corrected chi connectivity index (χ1v) is 43.5. The van der Waals surface area contributed by atoms with E-state index in [0.717, 1.165) is 71.9 Å². The van der Waals surface area contributed by atoms with Gasteiger partial charge in [-0.15, -0.1) is 0 Å². The van der Waals surface area contributed by atoms with Gasteiger partial charge in [0.2, 0.25) is 0 Å². The highest BCUT2D eigenvalue weighted by molar-refractivity contribution is 6.01. The van der Waals surface area contributed by atoms with Crippen LogP contribution in [0.4, 0.5) is 30.7 Å². The molecule has 10 aromatic heterocycles. The van der Waals surface area contributed by atoms with Crippen molar-refractivity contribution in [1.82, 2.24) is 87.6 Å². The number of aromatic nitrogens is 13. The summed E-state index contributed by atoms with van der Waals surface area (Å²) in [7, 11) is 5.60. The third-order valence-corrected chi connectivity index (χ3v) is 24.9. The van der Waals surface area contributed by atoms with Crippen molar-refractivity contribution in [2.24, 2.45) is 21.1 Å². The van der Waals surface area contributed by atoms with Gasteiger partial charge in [-0.3, -0.25) is 61.8 Å². The van der Waals surface area contributed by atoms with Gasteiger partial charge in [0.15, 0.2) is 0 Å². The van der Waals surface area contributed by atoms with Crippen LogP contribution >= 0.6 is 0 Å². The predicted molar refractivity (Wildman–Crippen MR) is 495 cm³/mol. The van der Waals surface area contributed by atoms with Gasteiger partial charge < -0.3 is 24.5 Å². The average Bonchev–Trinajstić information content (AvgIpc) is 1.68. The molecule has 5 aliphatic heterocycles. The van der Waals surface area contributed by atoms with Gasteiger partial charge in [0.1, 0.15) is 57.7 Å². The zero-order valence-electron chi connectivity index (χ0n) is 73.2. The molecule has 0 unspecified atom stereocenters. The van der Waals surface area contributed by atoms with Gasteiger partial charge in [0.25, 0.3) is 29.5 Å². The minimum absolute atomic E-state index is 0.0410. The second kappa shape index (κ2) is 36.5. The van der Waals surface area contributed by atoms with Crippen LogP contribution < -0.4 is 0 Å². The fraction of sp³-hybridized carbons (Fsp3) is 0.123. The molecule has 0 saturated heterocycles. The van der Waals surface area contributed by atoms with Crippen molar-refractivity contribution >= 4 is 62.6 Å². The number of pyridine rings is 5. The molecule has 0 saturated carbocycles. The molecule has 19 aromatic rings. The minimum atomic E-state index is -0.697. The lowest BCUT2D eigenvalue weighted by atomic mass is 10.0. The molecule has 0 bridgehead atoms. The number of fused-ring (bicyclic) bond motifs is 9. The number of hydrogen-bond donors (Lipinski definition) is 0. The Kier molecular flexibility index (Phi) is 23.3. The molecule has 0 atom stereocenters. The Morgan fingerprint density at radius 2 is 0.699 bits per heavy atom. The van der Waals surface area contributed by atoms with Crippen LogP contribution in [0.5, 0.6) is 0 Å². The minimum Gasteiger partial charge on any atom is -0.330 e. The van der Waals surface area contributed by atoms with E-state index in [1.165, 1.54) is 40.1 Å². The summed E-state index contributed by atoms with van der Waals surface area (Å²) >= 11 is 0. The summed E-state index contributed by atoms with van der Waals surface area (Å²) in [5.41, 5.74) is 18.7. The van der Waals surface area contributed by atoms with E-state index in [2.05, 4.69) is 40.2 Å². The van der Waals surface area contributed by atoms with Crippen LogP contribution in [0.3, 0.4) is 0 Å². The maximum Gasteiger partial charge on any atom is 0.273 e. The highest BCUT2D eigenvalue weighted by Crippen LogP contribution is 2.37. The van der Waals surface area contributed by atoms with E-state index in [4.69, 9.17) is 0 Å². The molecule has 0 fully saturated rings. The van der Waals surface area contributed by atoms with E-state index < -0.39 is 23.3 Å². The van der Waals surface area contributed by atoms with Crippen LogP contribution in [0, 0.1) is 40.7 Å². The van der Waals surface area contributed by atoms with E-state index in [9.17, 15) is 54.7 Å². The van der Waals surface area contributed by atoms with Crippen molar-refractivity contribution in [3.05, 3.63) is 429 Å². The van der Waals surface area contributed by atoms with Gasteiger partial charge in [-0.2, -0.15) is 15.3 Å². The number of amides is 5. The van der Waals surface area contributed by atoms with Crippen molar-refractivity contribution in [3.63, 3.8) is 0 Å². The molecular formula is C106H79F7N18O5. The van der Waals surface area contributed by atoms with Gasteiger partial charge in [-0.25, -0.2) is 40.7 Å². The van der Waals surface area contributed by atoms with E-state index in [1.807, 2.05) is 173 Å². The summed E-state index contributed by atoms with van der Waals surface area (Å²) in [4.78, 5) is 91.0. The molecule has 0 aliphatic carbocycles. The number of imidazole rings is 2. The van der Waals surface area contributed by atoms with Gasteiger partial charge in [0.05, 0.1) is 95.9 Å². The fourth-order valence-corrected chi connectivity index (χ4v) is 17.7. The summed E-state index contributed by atoms with van der Waals surface area (Å²) < 4.78 is 112. The third-order valence-electron chi connectivity index (χ3n) is 24.9. The molecule has 24 rings (SSSR count). The van der Waals surface area contributed by atoms with Crippen LogP contribution in [-0.2, 0) is 86.6 Å². The Morgan fingerprint density at radius 3 is 1.19 bits per heavy atom. The van der Waals surface area contributed by atoms with Crippen molar-refractivity contribution in [3.8, 4) is 55.9 Å². The number of carbonyl (C=O) groups excluding carboxylic acids is 5. The summed E-state index contributed by atoms with van der Waals surface area (Å²) in [6, 6.07) is 68.9. The summed E-state index contributed by atoms with van der Waals surface area (Å²) in [6.07, 6.45) is 18.7. The number of nitrogens with zero attached hydrogens (tertiary/aromatic N) is 18. The first-order chi connectivity index (χ1) is 66.0. The monoisotopic (exact) mass is 1820 g/mol. The Labute approximate surface area is 772 Å². The molecule has 15 heterocycles. The first kappa shape index (κ1) is 86.8. The van der Waals surface area contributed by atoms with Gasteiger partial charge in [-0.05, 0) is 160 Å². The van der Waals surface area contributed by atoms with Gasteiger partial charge in [0, 0.05) is 176 Å². The van der Waals surface area contributed by atoms with E-state index in [0.29, 0.717) is 109 Å². The number of halogens is 7. The molecule has 5 aliphatic rings. The lowest BCUT2D eigenvalue weighted by molar-refractivity contribution is 0.0754. The number of hydrogen-bond acceptors (Lipinski definition) is 13. The largest absolute Gasteiger partial charge is 0.330 e. The molecule has 9 aromatic carbocycles. The average molecular weight is 1820 g/mol. The maximum atomic E-state index is 14.8. The summed E-state index contributed by atoms with van der Waals surface area (Å²) in [6.45, 7) is 2.44. The van der Waals surface area contributed by atoms with Crippen molar-refractivity contribution < 1.29 is 54.7 Å². The molecule has 672 valence electrons. The molecule has 0 spiro atoms. The molecular weight excluding hydrogens is 1740 g/mol. The molecule has 0 radical (unpaired) electrons. The Morgan fingerprint density at radius 1 is 0.294 bits per heavy atom. The van der Waals surface area contributed by atoms with Gasteiger partial charge in [-0.1, -0.05) is 115 Å². The highest BCUT2D eigenvalue weighted by atomic mass is 19.2.